The monoisotopic (exact) mass is 415 g/mol. The zero-order chi connectivity index (χ0) is 20.3. The number of nitrogens with one attached hydrogen (secondary N) is 1. The number of hydrogen-bond acceptors (Lipinski definition) is 3. The minimum Gasteiger partial charge on any atom is -0.465 e. The van der Waals surface area contributed by atoms with Gasteiger partial charge in [-0.15, -0.1) is 12.4 Å². The van der Waals surface area contributed by atoms with Gasteiger partial charge in [-0.1, -0.05) is 50.2 Å². The molecule has 154 valence electrons. The summed E-state index contributed by atoms with van der Waals surface area (Å²) in [5.41, 5.74) is 9.53. The molecule has 0 aliphatic heterocycles. The van der Waals surface area contributed by atoms with Crippen LogP contribution in [0.25, 0.3) is 21.9 Å². The van der Waals surface area contributed by atoms with Gasteiger partial charge in [-0.25, -0.2) is 4.79 Å². The molecule has 1 amide bonds. The maximum atomic E-state index is 13.2. The predicted octanol–water partition coefficient (Wildman–Crippen LogP) is 3.97. The highest BCUT2D eigenvalue weighted by Gasteiger charge is 2.18. The van der Waals surface area contributed by atoms with Gasteiger partial charge >= 0.3 is 6.09 Å². The zero-order valence-corrected chi connectivity index (χ0v) is 17.3. The van der Waals surface area contributed by atoms with Crippen molar-refractivity contribution in [2.45, 2.75) is 33.5 Å². The largest absolute Gasteiger partial charge is 0.465 e. The number of benzene rings is 2. The molecule has 7 heteroatoms. The van der Waals surface area contributed by atoms with Crippen LogP contribution in [0.3, 0.4) is 0 Å². The Kier molecular flexibility index (Phi) is 7.42. The van der Waals surface area contributed by atoms with Crippen molar-refractivity contribution in [1.82, 2.24) is 9.88 Å². The second kappa shape index (κ2) is 9.58. The van der Waals surface area contributed by atoms with Crippen LogP contribution in [0, 0.1) is 5.92 Å². The molecule has 3 rings (SSSR count). The zero-order valence-electron chi connectivity index (χ0n) is 16.5. The first-order valence-corrected chi connectivity index (χ1v) is 9.33. The maximum absolute atomic E-state index is 13.2. The molecule has 3 aromatic rings. The summed E-state index contributed by atoms with van der Waals surface area (Å²) in [6, 6.07) is 15.3. The van der Waals surface area contributed by atoms with Crippen LogP contribution >= 0.6 is 12.4 Å². The third-order valence-corrected chi connectivity index (χ3v) is 4.69. The van der Waals surface area contributed by atoms with Crippen molar-refractivity contribution in [2.75, 3.05) is 0 Å². The molecular weight excluding hydrogens is 390 g/mol. The molecule has 1 aromatic heterocycles. The van der Waals surface area contributed by atoms with Gasteiger partial charge in [-0.3, -0.25) is 4.79 Å². The topological polar surface area (TPSA) is 97.3 Å². The molecule has 0 saturated heterocycles. The summed E-state index contributed by atoms with van der Waals surface area (Å²) in [6.07, 6.45) is -1.08. The van der Waals surface area contributed by atoms with E-state index in [1.165, 1.54) is 0 Å². The molecule has 2 aromatic carbocycles. The average Bonchev–Trinajstić information content (AvgIpc) is 2.68. The van der Waals surface area contributed by atoms with Crippen molar-refractivity contribution in [3.8, 4) is 11.1 Å². The molecule has 0 radical (unpaired) electrons. The Hall–Kier alpha value is -2.83. The maximum Gasteiger partial charge on any atom is 0.404 e. The SMILES string of the molecule is CC(C)Cn1c(CN)c(-c2ccccc2)c2cc(CNC(=O)O)ccc2c1=O.Cl. The van der Waals surface area contributed by atoms with Crippen molar-refractivity contribution >= 4 is 29.3 Å². The quantitative estimate of drug-likeness (QED) is 0.567. The summed E-state index contributed by atoms with van der Waals surface area (Å²) >= 11 is 0. The van der Waals surface area contributed by atoms with Crippen molar-refractivity contribution in [1.29, 1.82) is 0 Å². The lowest BCUT2D eigenvalue weighted by atomic mass is 9.95. The molecule has 0 atom stereocenters. The third-order valence-electron chi connectivity index (χ3n) is 4.69. The number of carboxylic acid groups (broad SMARTS) is 1. The van der Waals surface area contributed by atoms with Gasteiger partial charge in [-0.05, 0) is 34.6 Å². The highest BCUT2D eigenvalue weighted by Crippen LogP contribution is 2.31. The minimum absolute atomic E-state index is 0. The second-order valence-electron chi connectivity index (χ2n) is 7.24. The minimum atomic E-state index is -1.08. The van der Waals surface area contributed by atoms with Crippen LogP contribution in [0.1, 0.15) is 25.1 Å². The Morgan fingerprint density at radius 1 is 1.14 bits per heavy atom. The number of hydrogen-bond donors (Lipinski definition) is 3. The summed E-state index contributed by atoms with van der Waals surface area (Å²) in [5.74, 6) is 0.295. The molecule has 0 fully saturated rings. The van der Waals surface area contributed by atoms with E-state index >= 15 is 0 Å². The Balaban J connectivity index is 0.00000300. The van der Waals surface area contributed by atoms with E-state index in [1.807, 2.05) is 36.4 Å². The van der Waals surface area contributed by atoms with E-state index in [9.17, 15) is 9.59 Å². The first-order chi connectivity index (χ1) is 13.4. The normalized spacial score (nSPS) is 10.8. The summed E-state index contributed by atoms with van der Waals surface area (Å²) in [7, 11) is 0. The Morgan fingerprint density at radius 2 is 1.83 bits per heavy atom. The lowest BCUT2D eigenvalue weighted by molar-refractivity contribution is 0.194. The highest BCUT2D eigenvalue weighted by atomic mass is 35.5. The van der Waals surface area contributed by atoms with Crippen molar-refractivity contribution in [3.63, 3.8) is 0 Å². The van der Waals surface area contributed by atoms with E-state index in [0.717, 1.165) is 27.8 Å². The number of aromatic nitrogens is 1. The van der Waals surface area contributed by atoms with Crippen LogP contribution in [0.5, 0.6) is 0 Å². The van der Waals surface area contributed by atoms with Crippen molar-refractivity contribution in [3.05, 3.63) is 70.1 Å². The lowest BCUT2D eigenvalue weighted by Crippen LogP contribution is -2.28. The number of halogens is 1. The van der Waals surface area contributed by atoms with Crippen LogP contribution in [0.15, 0.2) is 53.3 Å². The number of nitrogens with zero attached hydrogens (tertiary/aromatic N) is 1. The summed E-state index contributed by atoms with van der Waals surface area (Å²) < 4.78 is 1.78. The molecule has 6 nitrogen and oxygen atoms in total. The van der Waals surface area contributed by atoms with Crippen LogP contribution in [0.2, 0.25) is 0 Å². The lowest BCUT2D eigenvalue weighted by Gasteiger charge is -2.21. The molecule has 4 N–H and O–H groups in total. The van der Waals surface area contributed by atoms with Crippen molar-refractivity contribution in [2.24, 2.45) is 11.7 Å². The molecule has 0 spiro atoms. The molecule has 1 heterocycles. The van der Waals surface area contributed by atoms with Gasteiger partial charge in [0, 0.05) is 36.3 Å². The Labute approximate surface area is 175 Å². The molecule has 0 unspecified atom stereocenters. The van der Waals surface area contributed by atoms with Crippen molar-refractivity contribution < 1.29 is 9.90 Å². The molecule has 0 aliphatic rings. The number of amides is 1. The molecule has 0 aliphatic carbocycles. The molecule has 29 heavy (non-hydrogen) atoms. The van der Waals surface area contributed by atoms with Crippen LogP contribution < -0.4 is 16.6 Å². The van der Waals surface area contributed by atoms with Gasteiger partial charge < -0.3 is 20.7 Å². The predicted molar refractivity (Wildman–Crippen MR) is 118 cm³/mol. The number of fused-ring (bicyclic) bond motifs is 1. The molecule has 0 saturated carbocycles. The molecular formula is C22H26ClN3O3. The summed E-state index contributed by atoms with van der Waals surface area (Å²) in [4.78, 5) is 24.0. The first-order valence-electron chi connectivity index (χ1n) is 9.33. The Morgan fingerprint density at radius 3 is 2.41 bits per heavy atom. The van der Waals surface area contributed by atoms with E-state index in [2.05, 4.69) is 19.2 Å². The fourth-order valence-corrected chi connectivity index (χ4v) is 3.53. The third kappa shape index (κ3) is 4.78. The Bertz CT molecular complexity index is 1060. The van der Waals surface area contributed by atoms with Crippen LogP contribution in [-0.4, -0.2) is 15.8 Å². The molecule has 0 bridgehead atoms. The van der Waals surface area contributed by atoms with E-state index in [-0.39, 0.29) is 31.1 Å². The number of pyridine rings is 1. The van der Waals surface area contributed by atoms with Gasteiger partial charge in [0.15, 0.2) is 0 Å². The number of nitrogens with two attached hydrogens (primary N) is 1. The second-order valence-corrected chi connectivity index (χ2v) is 7.24. The summed E-state index contributed by atoms with van der Waals surface area (Å²) in [6.45, 7) is 5.13. The number of rotatable bonds is 6. The van der Waals surface area contributed by atoms with E-state index in [0.29, 0.717) is 17.8 Å². The average molecular weight is 416 g/mol. The van der Waals surface area contributed by atoms with Gasteiger partial charge in [0.25, 0.3) is 5.56 Å². The van der Waals surface area contributed by atoms with E-state index in [4.69, 9.17) is 10.8 Å². The highest BCUT2D eigenvalue weighted by molar-refractivity contribution is 5.97. The smallest absolute Gasteiger partial charge is 0.404 e. The number of carbonyl (C=O) groups is 1. The summed E-state index contributed by atoms with van der Waals surface area (Å²) in [5, 5.41) is 12.7. The fourth-order valence-electron chi connectivity index (χ4n) is 3.53. The van der Waals surface area contributed by atoms with Gasteiger partial charge in [0.2, 0.25) is 0 Å². The standard InChI is InChI=1S/C22H25N3O3.ClH/c1-14(2)13-25-19(11-23)20(16-6-4-3-5-7-16)18-10-15(12-24-22(27)28)8-9-17(18)21(25)26;/h3-10,14,24H,11-13,23H2,1-2H3,(H,27,28);1H. The van der Waals surface area contributed by atoms with Crippen LogP contribution in [0.4, 0.5) is 4.79 Å². The fraction of sp³-hybridized carbons (Fsp3) is 0.273. The van der Waals surface area contributed by atoms with Gasteiger partial charge in [0.05, 0.1) is 0 Å². The van der Waals surface area contributed by atoms with Gasteiger partial charge in [-0.2, -0.15) is 0 Å². The van der Waals surface area contributed by atoms with Gasteiger partial charge in [0.1, 0.15) is 0 Å². The van der Waals surface area contributed by atoms with E-state index < -0.39 is 6.09 Å². The van der Waals surface area contributed by atoms with Crippen LogP contribution in [-0.2, 0) is 19.6 Å². The first kappa shape index (κ1) is 22.5. The van der Waals surface area contributed by atoms with E-state index in [1.54, 1.807) is 16.7 Å².